The Bertz CT molecular complexity index is 1520. The van der Waals surface area contributed by atoms with Crippen LogP contribution in [0.15, 0.2) is 36.5 Å². The van der Waals surface area contributed by atoms with Gasteiger partial charge in [-0.3, -0.25) is 15.2 Å². The van der Waals surface area contributed by atoms with Gasteiger partial charge in [-0.1, -0.05) is 32.9 Å². The van der Waals surface area contributed by atoms with Gasteiger partial charge in [0.2, 0.25) is 0 Å². The second kappa shape index (κ2) is 12.8. The molecule has 10 heteroatoms. The van der Waals surface area contributed by atoms with Gasteiger partial charge in [-0.05, 0) is 89.5 Å². The van der Waals surface area contributed by atoms with Gasteiger partial charge in [-0.25, -0.2) is 5.43 Å². The molecule has 2 saturated heterocycles. The second-order valence-electron chi connectivity index (χ2n) is 14.5. The number of hydrogen-bond acceptors (Lipinski definition) is 8. The average Bonchev–Trinajstić information content (AvgIpc) is 3.42. The van der Waals surface area contributed by atoms with Crippen molar-refractivity contribution < 1.29 is 23.6 Å². The summed E-state index contributed by atoms with van der Waals surface area (Å²) in [6.07, 6.45) is 3.23. The first kappa shape index (κ1) is 33.6. The summed E-state index contributed by atoms with van der Waals surface area (Å²) < 4.78 is 27.0. The summed E-state index contributed by atoms with van der Waals surface area (Å²) in [7, 11) is 1.24. The van der Waals surface area contributed by atoms with Gasteiger partial charge < -0.3 is 23.3 Å². The second-order valence-corrected chi connectivity index (χ2v) is 14.5. The van der Waals surface area contributed by atoms with Crippen molar-refractivity contribution in [2.24, 2.45) is 11.3 Å². The number of hydrogen-bond donors (Lipinski definition) is 2. The quantitative estimate of drug-likeness (QED) is 0.232. The van der Waals surface area contributed by atoms with Gasteiger partial charge in [0, 0.05) is 48.3 Å². The minimum atomic E-state index is -0.476. The van der Waals surface area contributed by atoms with Crippen molar-refractivity contribution in [2.75, 3.05) is 20.3 Å². The SMILES string of the molecule is CCn1c(-c2cccnc2C(C)OC)c(CC(C)(C)COC(=O)[C@H]2NNCC[C@@H]2C)c2cc(B3OC(C)(C)C(C)(C)O3)ccc21. The van der Waals surface area contributed by atoms with Gasteiger partial charge in [0.25, 0.3) is 0 Å². The molecule has 0 saturated carbocycles. The number of methoxy groups -OCH3 is 1. The summed E-state index contributed by atoms with van der Waals surface area (Å²) >= 11 is 0. The lowest BCUT2D eigenvalue weighted by molar-refractivity contribution is -0.151. The van der Waals surface area contributed by atoms with Crippen LogP contribution in [0, 0.1) is 11.3 Å². The summed E-state index contributed by atoms with van der Waals surface area (Å²) in [6.45, 7) is 20.8. The molecule has 3 aromatic rings. The molecule has 1 aromatic carbocycles. The highest BCUT2D eigenvalue weighted by molar-refractivity contribution is 6.62. The predicted molar refractivity (Wildman–Crippen MR) is 179 cm³/mol. The summed E-state index contributed by atoms with van der Waals surface area (Å²) in [5, 5.41) is 1.13. The highest BCUT2D eigenvalue weighted by Crippen LogP contribution is 2.41. The van der Waals surface area contributed by atoms with E-state index in [1.54, 1.807) is 7.11 Å². The monoisotopic (exact) mass is 618 g/mol. The molecule has 2 aliphatic rings. The molecule has 9 nitrogen and oxygen atoms in total. The molecule has 4 heterocycles. The lowest BCUT2D eigenvalue weighted by atomic mass is 9.77. The molecule has 45 heavy (non-hydrogen) atoms. The largest absolute Gasteiger partial charge is 0.494 e. The Kier molecular flexibility index (Phi) is 9.56. The van der Waals surface area contributed by atoms with Crippen molar-refractivity contribution in [3.8, 4) is 11.3 Å². The lowest BCUT2D eigenvalue weighted by Gasteiger charge is -2.32. The summed E-state index contributed by atoms with van der Waals surface area (Å²) in [6, 6.07) is 10.3. The number of carbonyl (C=O) groups excluding carboxylic acids is 1. The van der Waals surface area contributed by atoms with Gasteiger partial charge in [0.1, 0.15) is 6.04 Å². The first-order chi connectivity index (χ1) is 21.2. The number of carbonyl (C=O) groups is 1. The standard InChI is InChI=1S/C35H51BN4O5/c1-11-40-28-15-14-24(36-44-34(6,7)35(8,9)45-36)19-26(28)27(31(40)25-13-12-17-37-30(25)23(3)42-10)20-33(4,5)21-43-32(41)29-22(2)16-18-38-39-29/h12-15,17,19,22-23,29,38-39H,11,16,18,20-21H2,1-10H3/t22-,23?,29-/m0/s1. The third-order valence-electron chi connectivity index (χ3n) is 9.93. The van der Waals surface area contributed by atoms with E-state index in [0.717, 1.165) is 52.8 Å². The van der Waals surface area contributed by atoms with Crippen LogP contribution in [-0.2, 0) is 36.5 Å². The smallest absolute Gasteiger partial charge is 0.464 e. The zero-order valence-electron chi connectivity index (χ0n) is 28.7. The van der Waals surface area contributed by atoms with Crippen LogP contribution in [0.4, 0.5) is 0 Å². The molecule has 3 atom stereocenters. The van der Waals surface area contributed by atoms with Gasteiger partial charge in [-0.2, -0.15) is 0 Å². The molecular weight excluding hydrogens is 567 g/mol. The van der Waals surface area contributed by atoms with Crippen LogP contribution in [0.2, 0.25) is 0 Å². The summed E-state index contributed by atoms with van der Waals surface area (Å²) in [5.74, 6) is -0.0123. The van der Waals surface area contributed by atoms with Gasteiger partial charge >= 0.3 is 13.1 Å². The Morgan fingerprint density at radius 2 is 1.91 bits per heavy atom. The van der Waals surface area contributed by atoms with Gasteiger partial charge in [-0.15, -0.1) is 0 Å². The fraction of sp³-hybridized carbons (Fsp3) is 0.600. The van der Waals surface area contributed by atoms with E-state index >= 15 is 0 Å². The molecular formula is C35H51BN4O5. The maximum atomic E-state index is 13.1. The topological polar surface area (TPSA) is 95.9 Å². The summed E-state index contributed by atoms with van der Waals surface area (Å²) in [4.78, 5) is 17.9. The number of esters is 1. The van der Waals surface area contributed by atoms with E-state index in [4.69, 9.17) is 23.8 Å². The molecule has 2 aliphatic heterocycles. The van der Waals surface area contributed by atoms with Crippen molar-refractivity contribution in [1.29, 1.82) is 0 Å². The number of nitrogens with one attached hydrogen (secondary N) is 2. The van der Waals surface area contributed by atoms with E-state index in [-0.39, 0.29) is 29.4 Å². The molecule has 2 N–H and O–H groups in total. The van der Waals surface area contributed by atoms with Gasteiger partial charge in [0.15, 0.2) is 0 Å². The molecule has 2 aromatic heterocycles. The van der Waals surface area contributed by atoms with E-state index in [0.29, 0.717) is 13.0 Å². The fourth-order valence-electron chi connectivity index (χ4n) is 6.40. The number of benzene rings is 1. The average molecular weight is 619 g/mol. The van der Waals surface area contributed by atoms with Crippen LogP contribution in [-0.4, -0.2) is 60.1 Å². The Morgan fingerprint density at radius 3 is 2.56 bits per heavy atom. The number of pyridine rings is 1. The minimum Gasteiger partial charge on any atom is -0.464 e. The van der Waals surface area contributed by atoms with Crippen molar-refractivity contribution in [1.82, 2.24) is 20.4 Å². The maximum absolute atomic E-state index is 13.1. The van der Waals surface area contributed by atoms with Crippen LogP contribution < -0.4 is 16.3 Å². The van der Waals surface area contributed by atoms with Crippen molar-refractivity contribution in [2.45, 2.75) is 105 Å². The number of rotatable bonds is 10. The first-order valence-corrected chi connectivity index (χ1v) is 16.3. The highest BCUT2D eigenvalue weighted by Gasteiger charge is 2.51. The zero-order chi connectivity index (χ0) is 32.7. The van der Waals surface area contributed by atoms with E-state index in [1.807, 2.05) is 19.2 Å². The minimum absolute atomic E-state index is 0.190. The highest BCUT2D eigenvalue weighted by atomic mass is 16.7. The third-order valence-corrected chi connectivity index (χ3v) is 9.93. The third kappa shape index (κ3) is 6.58. The van der Waals surface area contributed by atoms with Crippen LogP contribution in [0.25, 0.3) is 22.2 Å². The number of hydrazine groups is 1. The summed E-state index contributed by atoms with van der Waals surface area (Å²) in [5.41, 5.74) is 11.3. The van der Waals surface area contributed by atoms with Crippen LogP contribution in [0.1, 0.15) is 86.1 Å². The predicted octanol–water partition coefficient (Wildman–Crippen LogP) is 5.34. The van der Waals surface area contributed by atoms with Crippen molar-refractivity contribution >= 4 is 29.5 Å². The van der Waals surface area contributed by atoms with Crippen molar-refractivity contribution in [3.05, 3.63) is 47.8 Å². The van der Waals surface area contributed by atoms with Crippen molar-refractivity contribution in [3.63, 3.8) is 0 Å². The van der Waals surface area contributed by atoms with Crippen LogP contribution in [0.3, 0.4) is 0 Å². The number of aromatic nitrogens is 2. The van der Waals surface area contributed by atoms with E-state index in [1.165, 1.54) is 5.56 Å². The lowest BCUT2D eigenvalue weighted by Crippen LogP contribution is -2.54. The Hall–Kier alpha value is -2.76. The Labute approximate surface area is 268 Å². The normalized spacial score (nSPS) is 22.1. The molecule has 0 bridgehead atoms. The molecule has 0 radical (unpaired) electrons. The molecule has 0 spiro atoms. The van der Waals surface area contributed by atoms with E-state index < -0.39 is 18.3 Å². The number of fused-ring (bicyclic) bond motifs is 1. The number of aryl methyl sites for hydroxylation is 1. The Morgan fingerprint density at radius 1 is 1.20 bits per heavy atom. The van der Waals surface area contributed by atoms with E-state index in [9.17, 15) is 4.79 Å². The van der Waals surface area contributed by atoms with Crippen LogP contribution in [0.5, 0.6) is 0 Å². The molecule has 0 amide bonds. The number of nitrogens with zero attached hydrogens (tertiary/aromatic N) is 2. The van der Waals surface area contributed by atoms with Gasteiger partial charge in [0.05, 0.1) is 35.3 Å². The first-order valence-electron chi connectivity index (χ1n) is 16.3. The van der Waals surface area contributed by atoms with E-state index in [2.05, 4.69) is 95.1 Å². The fourth-order valence-corrected chi connectivity index (χ4v) is 6.40. The molecule has 0 aliphatic carbocycles. The zero-order valence-corrected chi connectivity index (χ0v) is 28.7. The molecule has 244 valence electrons. The Balaban J connectivity index is 1.59. The van der Waals surface area contributed by atoms with Crippen LogP contribution >= 0.6 is 0 Å². The molecule has 2 fully saturated rings. The molecule has 1 unspecified atom stereocenters. The maximum Gasteiger partial charge on any atom is 0.494 e. The number of ether oxygens (including phenoxy) is 2. The molecule has 5 rings (SSSR count).